The van der Waals surface area contributed by atoms with Crippen LogP contribution < -0.4 is 0 Å². The molecule has 1 fully saturated rings. The number of benzene rings is 1. The molecule has 0 amide bonds. The van der Waals surface area contributed by atoms with Crippen LogP contribution in [0.3, 0.4) is 0 Å². The first-order chi connectivity index (χ1) is 10.9. The molecule has 3 rings (SSSR count). The quantitative estimate of drug-likeness (QED) is 0.776. The van der Waals surface area contributed by atoms with Crippen LogP contribution in [0, 0.1) is 30.6 Å². The molecule has 1 saturated heterocycles. The van der Waals surface area contributed by atoms with Gasteiger partial charge in [-0.1, -0.05) is 55.8 Å². The molecule has 0 bridgehead atoms. The second kappa shape index (κ2) is 6.25. The van der Waals surface area contributed by atoms with E-state index in [0.717, 1.165) is 5.56 Å². The van der Waals surface area contributed by atoms with E-state index in [-0.39, 0.29) is 11.8 Å². The minimum Gasteiger partial charge on any atom is -0.207 e. The molecule has 0 spiro atoms. The van der Waals surface area contributed by atoms with E-state index in [4.69, 9.17) is 0 Å². The molecule has 1 aliphatic carbocycles. The van der Waals surface area contributed by atoms with Crippen molar-refractivity contribution in [2.45, 2.75) is 25.7 Å². The van der Waals surface area contributed by atoms with Crippen LogP contribution in [0.5, 0.6) is 0 Å². The molecule has 4 atom stereocenters. The Hall–Kier alpha value is -1.39. The Morgan fingerprint density at radius 3 is 1.83 bits per heavy atom. The topological polar surface area (TPSA) is 37.4 Å². The number of sulfonamides is 1. The smallest absolute Gasteiger partial charge is 0.207 e. The molecule has 0 aromatic heterocycles. The number of hydrogen-bond acceptors (Lipinski definition) is 2. The van der Waals surface area contributed by atoms with Crippen molar-refractivity contribution in [2.24, 2.45) is 23.7 Å². The average Bonchev–Trinajstić information content (AvgIpc) is 2.93. The predicted octanol–water partition coefficient (Wildman–Crippen LogP) is 3.63. The van der Waals surface area contributed by atoms with Crippen LogP contribution >= 0.6 is 0 Å². The van der Waals surface area contributed by atoms with Crippen molar-refractivity contribution < 1.29 is 8.42 Å². The summed E-state index contributed by atoms with van der Waals surface area (Å²) in [5.74, 6) is 1.55. The summed E-state index contributed by atoms with van der Waals surface area (Å²) in [7, 11) is -3.40. The zero-order chi connectivity index (χ0) is 16.6. The van der Waals surface area contributed by atoms with Gasteiger partial charge in [0.05, 0.1) is 4.90 Å². The fraction of sp³-hybridized carbons (Fsp3) is 0.474. The Kier molecular flexibility index (Phi) is 4.47. The van der Waals surface area contributed by atoms with Gasteiger partial charge in [-0.3, -0.25) is 0 Å². The first kappa shape index (κ1) is 16.5. The Labute approximate surface area is 139 Å². The van der Waals surface area contributed by atoms with Gasteiger partial charge in [-0.2, -0.15) is 4.31 Å². The lowest BCUT2D eigenvalue weighted by Gasteiger charge is -2.19. The van der Waals surface area contributed by atoms with Crippen LogP contribution in [-0.2, 0) is 10.0 Å². The van der Waals surface area contributed by atoms with Gasteiger partial charge in [-0.15, -0.1) is 0 Å². The summed E-state index contributed by atoms with van der Waals surface area (Å²) in [5, 5.41) is 0. The average molecular weight is 331 g/mol. The highest BCUT2D eigenvalue weighted by molar-refractivity contribution is 7.89. The van der Waals surface area contributed by atoms with Gasteiger partial charge in [0.2, 0.25) is 10.0 Å². The van der Waals surface area contributed by atoms with E-state index in [2.05, 4.69) is 38.2 Å². The molecule has 2 aliphatic rings. The molecular formula is C19H25NO2S. The third-order valence-electron chi connectivity index (χ3n) is 5.19. The van der Waals surface area contributed by atoms with Gasteiger partial charge >= 0.3 is 0 Å². The van der Waals surface area contributed by atoms with Crippen molar-refractivity contribution in [1.82, 2.24) is 4.31 Å². The van der Waals surface area contributed by atoms with E-state index >= 15 is 0 Å². The normalized spacial score (nSPS) is 31.6. The van der Waals surface area contributed by atoms with E-state index < -0.39 is 10.0 Å². The maximum Gasteiger partial charge on any atom is 0.243 e. The Morgan fingerprint density at radius 2 is 1.35 bits per heavy atom. The standard InChI is InChI=1S/C19H25NO2S/c1-14-4-10-19(11-5-14)23(21,22)20-12-17-8-6-15(2)16(3)7-9-18(17)13-20/h4-11,15-18H,12-13H2,1-3H3/t15-,16+,17-,18+. The monoisotopic (exact) mass is 331 g/mol. The van der Waals surface area contributed by atoms with Crippen molar-refractivity contribution in [2.75, 3.05) is 13.1 Å². The molecule has 1 heterocycles. The number of nitrogens with zero attached hydrogens (tertiary/aromatic N) is 1. The number of hydrogen-bond donors (Lipinski definition) is 0. The molecular weight excluding hydrogens is 306 g/mol. The molecule has 1 aromatic rings. The van der Waals surface area contributed by atoms with Crippen LogP contribution in [-0.4, -0.2) is 25.8 Å². The SMILES string of the molecule is Cc1ccc(S(=O)(=O)N2C[C@H]3C=C[C@@H](C)[C@@H](C)C=C[C@H]3C2)cc1. The van der Waals surface area contributed by atoms with Gasteiger partial charge in [0.15, 0.2) is 0 Å². The van der Waals surface area contributed by atoms with Gasteiger partial charge in [0, 0.05) is 13.1 Å². The van der Waals surface area contributed by atoms with Crippen LogP contribution in [0.25, 0.3) is 0 Å². The molecule has 0 N–H and O–H groups in total. The van der Waals surface area contributed by atoms with E-state index in [0.29, 0.717) is 29.8 Å². The third-order valence-corrected chi connectivity index (χ3v) is 7.04. The molecule has 3 nitrogen and oxygen atoms in total. The summed E-state index contributed by atoms with van der Waals surface area (Å²) < 4.78 is 27.4. The molecule has 1 aliphatic heterocycles. The first-order valence-corrected chi connectivity index (χ1v) is 9.75. The second-order valence-corrected chi connectivity index (χ2v) is 8.89. The summed E-state index contributed by atoms with van der Waals surface area (Å²) in [6.07, 6.45) is 8.93. The van der Waals surface area contributed by atoms with Crippen molar-refractivity contribution in [1.29, 1.82) is 0 Å². The third kappa shape index (κ3) is 3.29. The van der Waals surface area contributed by atoms with E-state index in [1.54, 1.807) is 16.4 Å². The maximum absolute atomic E-state index is 12.9. The summed E-state index contributed by atoms with van der Waals surface area (Å²) in [5.41, 5.74) is 1.07. The maximum atomic E-state index is 12.9. The van der Waals surface area contributed by atoms with Gasteiger partial charge in [-0.05, 0) is 42.7 Å². The Morgan fingerprint density at radius 1 is 0.870 bits per heavy atom. The lowest BCUT2D eigenvalue weighted by Crippen LogP contribution is -2.29. The van der Waals surface area contributed by atoms with Crippen LogP contribution in [0.1, 0.15) is 19.4 Å². The van der Waals surface area contributed by atoms with E-state index in [1.807, 2.05) is 19.1 Å². The van der Waals surface area contributed by atoms with Crippen molar-refractivity contribution in [3.05, 3.63) is 54.1 Å². The molecule has 4 heteroatoms. The lowest BCUT2D eigenvalue weighted by atomic mass is 9.86. The lowest BCUT2D eigenvalue weighted by molar-refractivity contribution is 0.467. The summed E-state index contributed by atoms with van der Waals surface area (Å²) >= 11 is 0. The first-order valence-electron chi connectivity index (χ1n) is 8.31. The van der Waals surface area contributed by atoms with Crippen molar-refractivity contribution >= 4 is 10.0 Å². The number of fused-ring (bicyclic) bond motifs is 1. The number of aryl methyl sites for hydroxylation is 1. The highest BCUT2D eigenvalue weighted by Gasteiger charge is 2.37. The Balaban J connectivity index is 1.85. The van der Waals surface area contributed by atoms with Crippen molar-refractivity contribution in [3.63, 3.8) is 0 Å². The number of rotatable bonds is 2. The molecule has 0 radical (unpaired) electrons. The van der Waals surface area contributed by atoms with Crippen LogP contribution in [0.15, 0.2) is 53.5 Å². The molecule has 124 valence electrons. The van der Waals surface area contributed by atoms with E-state index in [9.17, 15) is 8.42 Å². The van der Waals surface area contributed by atoms with Crippen LogP contribution in [0.4, 0.5) is 0 Å². The van der Waals surface area contributed by atoms with Crippen molar-refractivity contribution in [3.8, 4) is 0 Å². The van der Waals surface area contributed by atoms with Gasteiger partial charge in [0.1, 0.15) is 0 Å². The molecule has 23 heavy (non-hydrogen) atoms. The Bertz CT molecular complexity index is 692. The summed E-state index contributed by atoms with van der Waals surface area (Å²) in [4.78, 5) is 0.395. The fourth-order valence-corrected chi connectivity index (χ4v) is 4.78. The zero-order valence-electron chi connectivity index (χ0n) is 14.0. The molecule has 0 unspecified atom stereocenters. The highest BCUT2D eigenvalue weighted by Crippen LogP contribution is 2.33. The van der Waals surface area contributed by atoms with Gasteiger partial charge < -0.3 is 0 Å². The largest absolute Gasteiger partial charge is 0.243 e. The fourth-order valence-electron chi connectivity index (χ4n) is 3.26. The summed E-state index contributed by atoms with van der Waals surface area (Å²) in [6, 6.07) is 7.13. The summed E-state index contributed by atoms with van der Waals surface area (Å²) in [6.45, 7) is 7.53. The van der Waals surface area contributed by atoms with Gasteiger partial charge in [-0.25, -0.2) is 8.42 Å². The highest BCUT2D eigenvalue weighted by atomic mass is 32.2. The minimum atomic E-state index is -3.40. The molecule has 1 aromatic carbocycles. The predicted molar refractivity (Wildman–Crippen MR) is 93.5 cm³/mol. The van der Waals surface area contributed by atoms with Gasteiger partial charge in [0.25, 0.3) is 0 Å². The zero-order valence-corrected chi connectivity index (χ0v) is 14.8. The van der Waals surface area contributed by atoms with Crippen LogP contribution in [0.2, 0.25) is 0 Å². The second-order valence-electron chi connectivity index (χ2n) is 6.95. The van der Waals surface area contributed by atoms with E-state index in [1.165, 1.54) is 0 Å². The number of allylic oxidation sites excluding steroid dienone is 2. The molecule has 0 saturated carbocycles. The minimum absolute atomic E-state index is 0.279.